The largest absolute Gasteiger partial charge is 0.355 e. The normalized spacial score (nSPS) is 25.4. The number of rotatable bonds is 7. The average molecular weight is 886 g/mol. The lowest BCUT2D eigenvalue weighted by molar-refractivity contribution is -0.132. The van der Waals surface area contributed by atoms with Crippen LogP contribution in [-0.4, -0.2) is 141 Å². The Hall–Kier alpha value is -4.53. The molecular formula is C48H65ClN8O6. The molecule has 340 valence electrons. The van der Waals surface area contributed by atoms with E-state index in [1.54, 1.807) is 26.2 Å². The Balaban J connectivity index is 0.000000145. The van der Waals surface area contributed by atoms with Gasteiger partial charge in [0.2, 0.25) is 23.6 Å². The second-order valence-electron chi connectivity index (χ2n) is 18.8. The number of halogens is 1. The van der Waals surface area contributed by atoms with Crippen LogP contribution >= 0.6 is 11.6 Å². The number of nitrogens with zero attached hydrogens (tertiary/aromatic N) is 5. The first-order valence-electron chi connectivity index (χ1n) is 23.4. The molecular weight excluding hydrogens is 820 g/mol. The highest BCUT2D eigenvalue weighted by atomic mass is 35.5. The number of carbonyl (C=O) groups is 6. The van der Waals surface area contributed by atoms with Gasteiger partial charge in [-0.15, -0.1) is 11.6 Å². The van der Waals surface area contributed by atoms with Gasteiger partial charge in [-0.1, -0.05) is 12.8 Å². The van der Waals surface area contributed by atoms with E-state index in [1.165, 1.54) is 38.5 Å². The third-order valence-electron chi connectivity index (χ3n) is 15.1. The van der Waals surface area contributed by atoms with Crippen LogP contribution in [0.4, 0.5) is 11.4 Å². The van der Waals surface area contributed by atoms with Crippen LogP contribution in [-0.2, 0) is 32.0 Å². The molecule has 6 amide bonds. The van der Waals surface area contributed by atoms with Gasteiger partial charge >= 0.3 is 0 Å². The van der Waals surface area contributed by atoms with E-state index < -0.39 is 0 Å². The second-order valence-corrected chi connectivity index (χ2v) is 19.1. The number of anilines is 2. The van der Waals surface area contributed by atoms with Crippen LogP contribution in [0.2, 0.25) is 0 Å². The third-order valence-corrected chi connectivity index (χ3v) is 15.3. The van der Waals surface area contributed by atoms with E-state index in [9.17, 15) is 28.8 Å². The highest BCUT2D eigenvalue weighted by molar-refractivity contribution is 6.27. The summed E-state index contributed by atoms with van der Waals surface area (Å²) in [6.07, 6.45) is 12.4. The summed E-state index contributed by atoms with van der Waals surface area (Å²) >= 11 is 5.50. The number of amides is 6. The number of alkyl halides is 1. The molecule has 4 saturated heterocycles. The van der Waals surface area contributed by atoms with Gasteiger partial charge in [0.05, 0.1) is 19.4 Å². The van der Waals surface area contributed by atoms with Crippen LogP contribution in [0.25, 0.3) is 0 Å². The second kappa shape index (κ2) is 20.1. The molecule has 63 heavy (non-hydrogen) atoms. The summed E-state index contributed by atoms with van der Waals surface area (Å²) in [6, 6.07) is 11.5. The molecule has 0 spiro atoms. The maximum absolute atomic E-state index is 12.8. The minimum atomic E-state index is -0.131. The lowest BCUT2D eigenvalue weighted by atomic mass is 10.0. The van der Waals surface area contributed by atoms with Gasteiger partial charge in [0.15, 0.2) is 0 Å². The molecule has 10 rings (SSSR count). The number of piperidine rings is 2. The van der Waals surface area contributed by atoms with Crippen LogP contribution in [0.3, 0.4) is 0 Å². The summed E-state index contributed by atoms with van der Waals surface area (Å²) in [7, 11) is 3.23. The minimum absolute atomic E-state index is 0.111. The molecule has 0 radical (unpaired) electrons. The Morgan fingerprint density at radius 1 is 0.619 bits per heavy atom. The van der Waals surface area contributed by atoms with Crippen LogP contribution in [0, 0.1) is 23.7 Å². The lowest BCUT2D eigenvalue weighted by Crippen LogP contribution is -2.49. The van der Waals surface area contributed by atoms with E-state index in [4.69, 9.17) is 11.6 Å². The molecule has 14 nitrogen and oxygen atoms in total. The van der Waals surface area contributed by atoms with Crippen molar-refractivity contribution >= 4 is 58.4 Å². The van der Waals surface area contributed by atoms with E-state index in [0.29, 0.717) is 30.5 Å². The zero-order valence-electron chi connectivity index (χ0n) is 37.0. The fourth-order valence-corrected chi connectivity index (χ4v) is 11.9. The standard InChI is InChI=1S/C24H32N4O3.C15H19N3O2.C9H14ClNO/c1-25-24(31)16-5-6-21-19(11-16)12-22(29)28(21)20-7-9-26(10-8-20)15-23(30)27-13-17-3-2-4-18(17)14-27;1-16-15(20)10-2-3-13-11(8-10)9-14(19)18(13)12-4-6-17-7-5-12;10-4-9(12)11-5-7-2-1-3-8(7)6-11/h5-6,11,17-18,20H,2-4,7-10,12-15H2,1H3,(H,25,31);2-3,8,12,17H,4-7,9H2,1H3,(H,16,20);7-8H,1-6H2. The summed E-state index contributed by atoms with van der Waals surface area (Å²) in [4.78, 5) is 82.8. The van der Waals surface area contributed by atoms with Crippen molar-refractivity contribution in [2.75, 3.05) is 88.7 Å². The highest BCUT2D eigenvalue weighted by Gasteiger charge is 2.40. The molecule has 6 heterocycles. The SMILES string of the molecule is CNC(=O)c1ccc2c(c1)CC(=O)N2C1CCN(CC(=O)N2CC3CCCC3C2)CC1.CNC(=O)c1ccc2c(c1)CC(=O)N2C1CCNCC1.O=C(CCl)N1CC2CCCC2C1. The molecule has 0 bridgehead atoms. The van der Waals surface area contributed by atoms with Gasteiger partial charge in [-0.2, -0.15) is 0 Å². The number of hydrogen-bond acceptors (Lipinski definition) is 8. The van der Waals surface area contributed by atoms with Crippen molar-refractivity contribution in [1.82, 2.24) is 30.7 Å². The molecule has 4 atom stereocenters. The highest BCUT2D eigenvalue weighted by Crippen LogP contribution is 2.39. The van der Waals surface area contributed by atoms with Crippen molar-refractivity contribution in [2.45, 2.75) is 89.1 Å². The predicted molar refractivity (Wildman–Crippen MR) is 243 cm³/mol. The summed E-state index contributed by atoms with van der Waals surface area (Å²) in [5.41, 5.74) is 5.03. The monoisotopic (exact) mass is 884 g/mol. The molecule has 15 heteroatoms. The summed E-state index contributed by atoms with van der Waals surface area (Å²) in [5.74, 6) is 3.62. The molecule has 2 saturated carbocycles. The topological polar surface area (TPSA) is 155 Å². The predicted octanol–water partition coefficient (Wildman–Crippen LogP) is 3.83. The fourth-order valence-electron chi connectivity index (χ4n) is 11.7. The molecule has 3 N–H and O–H groups in total. The van der Waals surface area contributed by atoms with E-state index in [1.807, 2.05) is 39.0 Å². The van der Waals surface area contributed by atoms with Crippen LogP contribution < -0.4 is 25.8 Å². The molecule has 6 fully saturated rings. The zero-order chi connectivity index (χ0) is 44.2. The fraction of sp³-hybridized carbons (Fsp3) is 0.625. The van der Waals surface area contributed by atoms with Crippen LogP contribution in [0.5, 0.6) is 0 Å². The van der Waals surface area contributed by atoms with Crippen molar-refractivity contribution in [3.63, 3.8) is 0 Å². The van der Waals surface area contributed by atoms with Gasteiger partial charge in [0, 0.05) is 87.9 Å². The van der Waals surface area contributed by atoms with Gasteiger partial charge < -0.3 is 35.6 Å². The van der Waals surface area contributed by atoms with E-state index in [0.717, 1.165) is 124 Å². The van der Waals surface area contributed by atoms with E-state index in [2.05, 4.69) is 25.8 Å². The molecule has 4 unspecified atom stereocenters. The average Bonchev–Trinajstić information content (AvgIpc) is 4.16. The number of carbonyl (C=O) groups excluding carboxylic acids is 6. The Kier molecular flexibility index (Phi) is 14.4. The van der Waals surface area contributed by atoms with Crippen molar-refractivity contribution < 1.29 is 28.8 Å². The summed E-state index contributed by atoms with van der Waals surface area (Å²) in [5, 5.41) is 8.57. The summed E-state index contributed by atoms with van der Waals surface area (Å²) < 4.78 is 0. The van der Waals surface area contributed by atoms with Gasteiger partial charge in [-0.3, -0.25) is 33.7 Å². The number of nitrogens with one attached hydrogen (secondary N) is 3. The van der Waals surface area contributed by atoms with Gasteiger partial charge in [0.25, 0.3) is 11.8 Å². The summed E-state index contributed by atoms with van der Waals surface area (Å²) in [6.45, 7) is 7.95. The lowest BCUT2D eigenvalue weighted by Gasteiger charge is -2.37. The number of hydrogen-bond donors (Lipinski definition) is 3. The smallest absolute Gasteiger partial charge is 0.251 e. The van der Waals surface area contributed by atoms with Crippen LogP contribution in [0.1, 0.15) is 96.1 Å². The first-order valence-corrected chi connectivity index (χ1v) is 24.0. The van der Waals surface area contributed by atoms with Gasteiger partial charge in [0.1, 0.15) is 5.88 Å². The Morgan fingerprint density at radius 3 is 1.48 bits per heavy atom. The van der Waals surface area contributed by atoms with Crippen molar-refractivity contribution in [1.29, 1.82) is 0 Å². The first-order chi connectivity index (χ1) is 30.5. The number of fused-ring (bicyclic) bond motifs is 4. The van der Waals surface area contributed by atoms with Crippen molar-refractivity contribution in [2.24, 2.45) is 23.7 Å². The Labute approximate surface area is 376 Å². The van der Waals surface area contributed by atoms with Crippen molar-refractivity contribution in [3.8, 4) is 0 Å². The quantitative estimate of drug-likeness (QED) is 0.355. The number of likely N-dealkylation sites (tertiary alicyclic amines) is 3. The zero-order valence-corrected chi connectivity index (χ0v) is 37.8. The Bertz CT molecular complexity index is 2030. The van der Waals surface area contributed by atoms with Gasteiger partial charge in [-0.05, 0) is 136 Å². The number of benzene rings is 2. The first kappa shape index (κ1) is 45.1. The maximum Gasteiger partial charge on any atom is 0.251 e. The van der Waals surface area contributed by atoms with E-state index in [-0.39, 0.29) is 53.4 Å². The van der Waals surface area contributed by atoms with Crippen molar-refractivity contribution in [3.05, 3.63) is 58.7 Å². The minimum Gasteiger partial charge on any atom is -0.355 e. The van der Waals surface area contributed by atoms with Crippen LogP contribution in [0.15, 0.2) is 36.4 Å². The Morgan fingerprint density at radius 2 is 1.05 bits per heavy atom. The molecule has 6 aliphatic heterocycles. The molecule has 2 aromatic rings. The van der Waals surface area contributed by atoms with Gasteiger partial charge in [-0.25, -0.2) is 0 Å². The molecule has 2 aromatic carbocycles. The third kappa shape index (κ3) is 9.93. The maximum atomic E-state index is 12.8. The van der Waals surface area contributed by atoms with E-state index >= 15 is 0 Å². The molecule has 0 aromatic heterocycles. The molecule has 2 aliphatic carbocycles. The molecule has 8 aliphatic rings.